The van der Waals surface area contributed by atoms with Gasteiger partial charge in [-0.15, -0.1) is 0 Å². The van der Waals surface area contributed by atoms with Gasteiger partial charge in [0.2, 0.25) is 5.45 Å². The average molecular weight is 404 g/mol. The molecule has 0 bridgehead atoms. The Labute approximate surface area is 163 Å². The van der Waals surface area contributed by atoms with Crippen LogP contribution in [0.4, 0.5) is 0 Å². The molecule has 2 rings (SSSR count). The molecule has 0 aromatic heterocycles. The molecule has 2 aromatic rings. The Kier molecular flexibility index (Phi) is 7.81. The molecule has 8 heteroatoms. The quantitative estimate of drug-likeness (QED) is 0.356. The molecule has 0 saturated carbocycles. The number of rotatable bonds is 10. The summed E-state index contributed by atoms with van der Waals surface area (Å²) in [5.41, 5.74) is 1.43. The first-order valence-electron chi connectivity index (χ1n) is 8.72. The summed E-state index contributed by atoms with van der Waals surface area (Å²) in [5, 5.41) is 18.2. The van der Waals surface area contributed by atoms with Crippen molar-refractivity contribution in [1.29, 1.82) is 0 Å². The van der Waals surface area contributed by atoms with E-state index in [2.05, 4.69) is 4.99 Å². The van der Waals surface area contributed by atoms with E-state index in [0.717, 1.165) is 5.56 Å². The molecule has 0 fully saturated rings. The van der Waals surface area contributed by atoms with Crippen molar-refractivity contribution < 1.29 is 29.6 Å². The summed E-state index contributed by atoms with van der Waals surface area (Å²) in [6, 6.07) is 17.9. The van der Waals surface area contributed by atoms with Crippen molar-refractivity contribution >= 4 is 25.1 Å². The second-order valence-corrected chi connectivity index (χ2v) is 8.62. The molecule has 1 atom stereocenters. The van der Waals surface area contributed by atoms with Crippen molar-refractivity contribution in [3.8, 4) is 0 Å². The largest absolute Gasteiger partial charge is 0.481 e. The van der Waals surface area contributed by atoms with Crippen LogP contribution in [0.5, 0.6) is 0 Å². The fourth-order valence-electron chi connectivity index (χ4n) is 2.73. The lowest BCUT2D eigenvalue weighted by Crippen LogP contribution is -2.24. The van der Waals surface area contributed by atoms with Gasteiger partial charge in [-0.05, 0) is 24.1 Å². The lowest BCUT2D eigenvalue weighted by Gasteiger charge is -2.18. The van der Waals surface area contributed by atoms with Gasteiger partial charge in [0.05, 0.1) is 12.5 Å². The molecule has 0 aliphatic heterocycles. The molecule has 0 spiro atoms. The molecular formula is C20H23NO6P+. The van der Waals surface area contributed by atoms with Crippen LogP contribution in [0.15, 0.2) is 65.7 Å². The monoisotopic (exact) mass is 404 g/mol. The maximum Gasteiger partial charge on any atom is 0.320 e. The van der Waals surface area contributed by atoms with E-state index < -0.39 is 31.7 Å². The number of aliphatic imine (C=N–C) groups is 1. The molecule has 28 heavy (non-hydrogen) atoms. The van der Waals surface area contributed by atoms with Crippen molar-refractivity contribution in [2.45, 2.75) is 19.4 Å². The molecule has 0 radical (unpaired) electrons. The van der Waals surface area contributed by atoms with Crippen LogP contribution >= 0.6 is 7.72 Å². The van der Waals surface area contributed by atoms with Gasteiger partial charge in [0.1, 0.15) is 6.16 Å². The maximum absolute atomic E-state index is 11.5. The lowest BCUT2D eigenvalue weighted by atomic mass is 10.1. The minimum Gasteiger partial charge on any atom is -0.481 e. The zero-order valence-electron chi connectivity index (χ0n) is 15.2. The number of carbonyl (C=O) groups is 2. The Bertz CT molecular complexity index is 823. The van der Waals surface area contributed by atoms with Gasteiger partial charge in [-0.25, -0.2) is 14.8 Å². The zero-order chi connectivity index (χ0) is 20.6. The Balaban J connectivity index is 2.31. The first-order valence-corrected chi connectivity index (χ1v) is 10.6. The van der Waals surface area contributed by atoms with E-state index in [9.17, 15) is 24.5 Å². The molecule has 0 heterocycles. The van der Waals surface area contributed by atoms with Crippen LogP contribution in [-0.2, 0) is 16.1 Å². The third-order valence-corrected chi connectivity index (χ3v) is 6.18. The van der Waals surface area contributed by atoms with Crippen LogP contribution in [-0.4, -0.2) is 43.6 Å². The molecule has 0 aliphatic carbocycles. The van der Waals surface area contributed by atoms with Crippen molar-refractivity contribution in [3.05, 3.63) is 71.8 Å². The number of benzene rings is 2. The van der Waals surface area contributed by atoms with E-state index in [-0.39, 0.29) is 24.8 Å². The molecule has 0 saturated heterocycles. The highest BCUT2D eigenvalue weighted by Gasteiger charge is 2.46. The summed E-state index contributed by atoms with van der Waals surface area (Å²) in [6.07, 6.45) is -1.01. The molecule has 0 aliphatic rings. The van der Waals surface area contributed by atoms with E-state index in [1.807, 2.05) is 30.3 Å². The molecule has 7 nitrogen and oxygen atoms in total. The Morgan fingerprint density at radius 2 is 1.50 bits per heavy atom. The van der Waals surface area contributed by atoms with Gasteiger partial charge in [0, 0.05) is 12.0 Å². The summed E-state index contributed by atoms with van der Waals surface area (Å²) >= 11 is 0. The van der Waals surface area contributed by atoms with Crippen LogP contribution in [0.1, 0.15) is 24.0 Å². The third kappa shape index (κ3) is 6.53. The highest BCUT2D eigenvalue weighted by molar-refractivity contribution is 7.82. The average Bonchev–Trinajstić information content (AvgIpc) is 2.66. The van der Waals surface area contributed by atoms with Gasteiger partial charge in [-0.2, -0.15) is 0 Å². The number of hydrogen-bond acceptors (Lipinski definition) is 5. The van der Waals surface area contributed by atoms with Gasteiger partial charge in [-0.3, -0.25) is 9.59 Å². The van der Waals surface area contributed by atoms with Crippen LogP contribution in [0.25, 0.3) is 0 Å². The van der Waals surface area contributed by atoms with Crippen LogP contribution in [0, 0.1) is 5.92 Å². The second-order valence-electron chi connectivity index (χ2n) is 6.37. The van der Waals surface area contributed by atoms with Crippen molar-refractivity contribution in [2.24, 2.45) is 10.9 Å². The van der Waals surface area contributed by atoms with Gasteiger partial charge in [0.15, 0.2) is 0 Å². The van der Waals surface area contributed by atoms with Crippen LogP contribution in [0.3, 0.4) is 0 Å². The Hall–Kier alpha value is -2.60. The number of aliphatic carboxylic acids is 2. The Morgan fingerprint density at radius 3 is 2.04 bits per heavy atom. The number of carboxylic acids is 2. The van der Waals surface area contributed by atoms with Gasteiger partial charge < -0.3 is 10.2 Å². The standard InChI is InChI=1S/C20H22NO6P/c22-18(23)12-11-17(20(24)25)14-28(26,27)19(16-9-5-2-6-10-16)21-13-15-7-3-1-4-8-15/h1-10,17,26-27H,11-14H2,(H-,22,23,24,25)/p+1. The molecular weight excluding hydrogens is 381 g/mol. The first-order chi connectivity index (χ1) is 13.3. The van der Waals surface area contributed by atoms with E-state index in [0.29, 0.717) is 5.56 Å². The smallest absolute Gasteiger partial charge is 0.320 e. The molecule has 4 N–H and O–H groups in total. The normalized spacial score (nSPS) is 13.1. The lowest BCUT2D eigenvalue weighted by molar-refractivity contribution is -0.142. The van der Waals surface area contributed by atoms with Gasteiger partial charge in [-0.1, -0.05) is 48.5 Å². The predicted octanol–water partition coefficient (Wildman–Crippen LogP) is 3.03. The predicted molar refractivity (Wildman–Crippen MR) is 107 cm³/mol. The fraction of sp³-hybridized carbons (Fsp3) is 0.250. The molecule has 148 valence electrons. The van der Waals surface area contributed by atoms with Gasteiger partial charge >= 0.3 is 19.7 Å². The van der Waals surface area contributed by atoms with Crippen molar-refractivity contribution in [1.82, 2.24) is 0 Å². The SMILES string of the molecule is O=C(O)CCC(C[P+](O)(O)C(=NCc1ccccc1)c1ccccc1)C(=O)O. The summed E-state index contributed by atoms with van der Waals surface area (Å²) in [4.78, 5) is 48.3. The highest BCUT2D eigenvalue weighted by atomic mass is 31.2. The van der Waals surface area contributed by atoms with Crippen molar-refractivity contribution in [3.63, 3.8) is 0 Å². The van der Waals surface area contributed by atoms with Crippen LogP contribution in [0.2, 0.25) is 0 Å². The topological polar surface area (TPSA) is 127 Å². The molecule has 0 amide bonds. The molecule has 2 aromatic carbocycles. The first kappa shape index (κ1) is 21.7. The van der Waals surface area contributed by atoms with Crippen LogP contribution < -0.4 is 0 Å². The fourth-order valence-corrected chi connectivity index (χ4v) is 4.72. The minimum absolute atomic E-state index is 0.0542. The highest BCUT2D eigenvalue weighted by Crippen LogP contribution is 2.55. The van der Waals surface area contributed by atoms with Gasteiger partial charge in [0.25, 0.3) is 0 Å². The molecule has 1 unspecified atom stereocenters. The Morgan fingerprint density at radius 1 is 0.929 bits per heavy atom. The maximum atomic E-state index is 11.5. The van der Waals surface area contributed by atoms with E-state index in [1.165, 1.54) is 0 Å². The minimum atomic E-state index is -3.91. The van der Waals surface area contributed by atoms with E-state index >= 15 is 0 Å². The second kappa shape index (κ2) is 10.1. The third-order valence-electron chi connectivity index (χ3n) is 4.16. The number of hydrogen-bond donors (Lipinski definition) is 4. The summed E-state index contributed by atoms with van der Waals surface area (Å²) in [6.45, 7) is 0.209. The van der Waals surface area contributed by atoms with E-state index in [4.69, 9.17) is 5.11 Å². The summed E-state index contributed by atoms with van der Waals surface area (Å²) in [5.74, 6) is -3.58. The van der Waals surface area contributed by atoms with E-state index in [1.54, 1.807) is 30.3 Å². The summed E-state index contributed by atoms with van der Waals surface area (Å²) < 4.78 is 0. The zero-order valence-corrected chi connectivity index (χ0v) is 16.1. The summed E-state index contributed by atoms with van der Waals surface area (Å²) in [7, 11) is -3.91. The van der Waals surface area contributed by atoms with Crippen molar-refractivity contribution in [2.75, 3.05) is 6.16 Å². The number of carboxylic acid groups (broad SMARTS) is 2. The number of nitrogens with zero attached hydrogens (tertiary/aromatic N) is 1.